The van der Waals surface area contributed by atoms with Crippen molar-refractivity contribution < 1.29 is 14.7 Å². The Hall–Kier alpha value is -2.86. The molecule has 31 heavy (non-hydrogen) atoms. The van der Waals surface area contributed by atoms with Gasteiger partial charge in [0.25, 0.3) is 0 Å². The summed E-state index contributed by atoms with van der Waals surface area (Å²) in [6, 6.07) is 17.3. The topological polar surface area (TPSA) is 95.7 Å². The van der Waals surface area contributed by atoms with Crippen LogP contribution < -0.4 is 11.1 Å². The van der Waals surface area contributed by atoms with Crippen LogP contribution in [0.2, 0.25) is 0 Å². The first-order valence-electron chi connectivity index (χ1n) is 10.9. The summed E-state index contributed by atoms with van der Waals surface area (Å²) < 4.78 is 0. The second-order valence-electron chi connectivity index (χ2n) is 8.86. The van der Waals surface area contributed by atoms with Crippen LogP contribution in [0.1, 0.15) is 43.7 Å². The van der Waals surface area contributed by atoms with Crippen LogP contribution in [0.3, 0.4) is 0 Å². The number of carbonyl (C=O) groups is 2. The molecule has 3 rings (SSSR count). The molecular weight excluding hydrogens is 390 g/mol. The lowest BCUT2D eigenvalue weighted by atomic mass is 9.68. The molecule has 0 saturated carbocycles. The van der Waals surface area contributed by atoms with Crippen LogP contribution in [0.4, 0.5) is 0 Å². The Morgan fingerprint density at radius 1 is 1.23 bits per heavy atom. The molecule has 0 spiro atoms. The molecule has 1 aliphatic heterocycles. The third kappa shape index (κ3) is 5.64. The Bertz CT molecular complexity index is 902. The van der Waals surface area contributed by atoms with E-state index in [9.17, 15) is 14.7 Å². The minimum atomic E-state index is -0.545. The van der Waals surface area contributed by atoms with Crippen molar-refractivity contribution >= 4 is 11.8 Å². The van der Waals surface area contributed by atoms with E-state index in [2.05, 4.69) is 30.1 Å². The molecule has 0 aromatic heterocycles. The van der Waals surface area contributed by atoms with Gasteiger partial charge in [0.05, 0.1) is 12.5 Å². The van der Waals surface area contributed by atoms with E-state index in [0.29, 0.717) is 18.1 Å². The molecule has 166 valence electrons. The molecular formula is C25H33N3O3. The van der Waals surface area contributed by atoms with E-state index in [1.54, 1.807) is 6.07 Å². The number of likely N-dealkylation sites (tertiary alicyclic amines) is 1. The SMILES string of the molecule is CC1CN(CCC(C(=O)NCC(N)=O)c2ccccc2)CCC1(C)c1cccc(O)c1. The number of phenols is 1. The molecule has 6 heteroatoms. The molecule has 3 atom stereocenters. The summed E-state index contributed by atoms with van der Waals surface area (Å²) in [5.74, 6) is -0.325. The summed E-state index contributed by atoms with van der Waals surface area (Å²) in [7, 11) is 0. The van der Waals surface area contributed by atoms with Crippen LogP contribution in [0.25, 0.3) is 0 Å². The van der Waals surface area contributed by atoms with Gasteiger partial charge in [-0.1, -0.05) is 56.3 Å². The van der Waals surface area contributed by atoms with Crippen LogP contribution in [0.15, 0.2) is 54.6 Å². The maximum Gasteiger partial charge on any atom is 0.236 e. The number of benzene rings is 2. The van der Waals surface area contributed by atoms with Gasteiger partial charge < -0.3 is 21.1 Å². The number of nitrogens with zero attached hydrogens (tertiary/aromatic N) is 1. The molecule has 4 N–H and O–H groups in total. The monoisotopic (exact) mass is 423 g/mol. The van der Waals surface area contributed by atoms with Crippen LogP contribution in [0.5, 0.6) is 5.75 Å². The maximum absolute atomic E-state index is 12.7. The van der Waals surface area contributed by atoms with E-state index in [1.807, 2.05) is 42.5 Å². The fourth-order valence-corrected chi connectivity index (χ4v) is 4.55. The highest BCUT2D eigenvalue weighted by Gasteiger charge is 2.38. The lowest BCUT2D eigenvalue weighted by Gasteiger charge is -2.45. The Morgan fingerprint density at radius 3 is 2.61 bits per heavy atom. The summed E-state index contributed by atoms with van der Waals surface area (Å²) in [6.45, 7) is 7.03. The number of primary amides is 1. The summed E-state index contributed by atoms with van der Waals surface area (Å²) in [5.41, 5.74) is 7.32. The van der Waals surface area contributed by atoms with Gasteiger partial charge in [-0.25, -0.2) is 0 Å². The number of hydrogen-bond acceptors (Lipinski definition) is 4. The number of hydrogen-bond donors (Lipinski definition) is 3. The molecule has 0 bridgehead atoms. The number of nitrogens with two attached hydrogens (primary N) is 1. The van der Waals surface area contributed by atoms with Crippen molar-refractivity contribution in [1.29, 1.82) is 0 Å². The van der Waals surface area contributed by atoms with Gasteiger partial charge in [0.2, 0.25) is 11.8 Å². The van der Waals surface area contributed by atoms with E-state index in [1.165, 1.54) is 5.56 Å². The first-order chi connectivity index (χ1) is 14.8. The summed E-state index contributed by atoms with van der Waals surface area (Å²) in [4.78, 5) is 26.2. The van der Waals surface area contributed by atoms with Crippen LogP contribution in [-0.4, -0.2) is 48.0 Å². The molecule has 2 amide bonds. The summed E-state index contributed by atoms with van der Waals surface area (Å²) >= 11 is 0. The quantitative estimate of drug-likeness (QED) is 0.608. The van der Waals surface area contributed by atoms with E-state index >= 15 is 0 Å². The van der Waals surface area contributed by atoms with Gasteiger partial charge >= 0.3 is 0 Å². The number of amides is 2. The fourth-order valence-electron chi connectivity index (χ4n) is 4.55. The molecule has 1 fully saturated rings. The van der Waals surface area contributed by atoms with Crippen LogP contribution in [-0.2, 0) is 15.0 Å². The molecule has 6 nitrogen and oxygen atoms in total. The lowest BCUT2D eigenvalue weighted by molar-refractivity contribution is -0.126. The Balaban J connectivity index is 1.64. The second kappa shape index (κ2) is 9.96. The molecule has 0 aliphatic carbocycles. The Morgan fingerprint density at radius 2 is 1.97 bits per heavy atom. The Labute approximate surface area is 184 Å². The minimum absolute atomic E-state index is 0.00688. The zero-order valence-corrected chi connectivity index (χ0v) is 18.4. The zero-order valence-electron chi connectivity index (χ0n) is 18.4. The van der Waals surface area contributed by atoms with Gasteiger partial charge in [-0.3, -0.25) is 9.59 Å². The van der Waals surface area contributed by atoms with Crippen molar-refractivity contribution in [3.05, 3.63) is 65.7 Å². The van der Waals surface area contributed by atoms with Gasteiger partial charge in [-0.05, 0) is 60.5 Å². The highest BCUT2D eigenvalue weighted by atomic mass is 16.3. The average molecular weight is 424 g/mol. The van der Waals surface area contributed by atoms with Crippen LogP contribution in [0, 0.1) is 5.92 Å². The zero-order chi connectivity index (χ0) is 22.4. The fraction of sp³-hybridized carbons (Fsp3) is 0.440. The number of aromatic hydroxyl groups is 1. The van der Waals surface area contributed by atoms with Gasteiger partial charge in [-0.15, -0.1) is 0 Å². The molecule has 1 aliphatic rings. The summed E-state index contributed by atoms with van der Waals surface area (Å²) in [6.07, 6.45) is 1.66. The van der Waals surface area contributed by atoms with E-state index in [0.717, 1.165) is 31.6 Å². The third-order valence-electron chi connectivity index (χ3n) is 6.76. The second-order valence-corrected chi connectivity index (χ2v) is 8.86. The lowest BCUT2D eigenvalue weighted by Crippen LogP contribution is -2.48. The van der Waals surface area contributed by atoms with Crippen molar-refractivity contribution in [2.24, 2.45) is 11.7 Å². The van der Waals surface area contributed by atoms with E-state index < -0.39 is 5.91 Å². The highest BCUT2D eigenvalue weighted by molar-refractivity contribution is 5.87. The van der Waals surface area contributed by atoms with Crippen molar-refractivity contribution in [2.75, 3.05) is 26.2 Å². The standard InChI is InChI=1S/C25H33N3O3/c1-18-17-28(14-12-25(18,2)20-9-6-10-21(29)15-20)13-11-22(19-7-4-3-5-8-19)24(31)27-16-23(26)30/h3-10,15,18,22,29H,11-14,16-17H2,1-2H3,(H2,26,30)(H,27,31). The van der Waals surface area contributed by atoms with Crippen molar-refractivity contribution in [3.8, 4) is 5.75 Å². The van der Waals surface area contributed by atoms with Gasteiger partial charge in [0.15, 0.2) is 0 Å². The normalized spacial score (nSPS) is 22.6. The summed E-state index contributed by atoms with van der Waals surface area (Å²) in [5, 5.41) is 12.6. The number of rotatable bonds is 8. The third-order valence-corrected chi connectivity index (χ3v) is 6.76. The molecule has 3 unspecified atom stereocenters. The predicted octanol–water partition coefficient (Wildman–Crippen LogP) is 2.77. The first kappa shape index (κ1) is 22.8. The molecule has 2 aromatic carbocycles. The number of carbonyl (C=O) groups excluding carboxylic acids is 2. The smallest absolute Gasteiger partial charge is 0.236 e. The molecule has 1 heterocycles. The molecule has 0 radical (unpaired) electrons. The first-order valence-corrected chi connectivity index (χ1v) is 10.9. The van der Waals surface area contributed by atoms with E-state index in [4.69, 9.17) is 5.73 Å². The van der Waals surface area contributed by atoms with Crippen molar-refractivity contribution in [2.45, 2.75) is 38.0 Å². The number of nitrogens with one attached hydrogen (secondary N) is 1. The largest absolute Gasteiger partial charge is 0.508 e. The van der Waals surface area contributed by atoms with Gasteiger partial charge in [-0.2, -0.15) is 0 Å². The Kier molecular flexibility index (Phi) is 7.33. The van der Waals surface area contributed by atoms with Gasteiger partial charge in [0, 0.05) is 6.54 Å². The van der Waals surface area contributed by atoms with Crippen molar-refractivity contribution in [3.63, 3.8) is 0 Å². The molecule has 2 aromatic rings. The maximum atomic E-state index is 12.7. The van der Waals surface area contributed by atoms with E-state index in [-0.39, 0.29) is 23.8 Å². The van der Waals surface area contributed by atoms with Gasteiger partial charge in [0.1, 0.15) is 5.75 Å². The van der Waals surface area contributed by atoms with Crippen molar-refractivity contribution in [1.82, 2.24) is 10.2 Å². The van der Waals surface area contributed by atoms with Crippen LogP contribution >= 0.6 is 0 Å². The number of phenolic OH excluding ortho intramolecular Hbond substituents is 1. The number of piperidine rings is 1. The molecule has 1 saturated heterocycles. The predicted molar refractivity (Wildman–Crippen MR) is 122 cm³/mol. The highest BCUT2D eigenvalue weighted by Crippen LogP contribution is 2.40. The minimum Gasteiger partial charge on any atom is -0.508 e. The average Bonchev–Trinajstić information content (AvgIpc) is 2.75.